The summed E-state index contributed by atoms with van der Waals surface area (Å²) in [5.74, 6) is 0.373. The summed E-state index contributed by atoms with van der Waals surface area (Å²) in [6, 6.07) is 0. The molecule has 0 aromatic carbocycles. The molecule has 0 amide bonds. The molecule has 0 spiro atoms. The Bertz CT molecular complexity index is 495. The molecule has 1 aromatic heterocycles. The van der Waals surface area contributed by atoms with E-state index < -0.39 is 5.60 Å². The van der Waals surface area contributed by atoms with Gasteiger partial charge in [-0.15, -0.1) is 0 Å². The lowest BCUT2D eigenvalue weighted by Crippen LogP contribution is -2.42. The van der Waals surface area contributed by atoms with Crippen LogP contribution in [0.4, 0.5) is 5.82 Å². The van der Waals surface area contributed by atoms with E-state index in [0.717, 1.165) is 25.7 Å². The van der Waals surface area contributed by atoms with Gasteiger partial charge in [0.1, 0.15) is 17.3 Å². The summed E-state index contributed by atoms with van der Waals surface area (Å²) in [5.41, 5.74) is -0.236. The minimum absolute atomic E-state index is 0.120. The standard InChI is InChI=1S/C14H20ClN3O2/c1-13(2)3-5-14(20,6-4-13)8-16-12-10(7-19)11(15)17-9-18-12/h7,9,20H,3-6,8H2,1-2H3,(H,16,17,18). The molecule has 0 aliphatic heterocycles. The van der Waals surface area contributed by atoms with Gasteiger partial charge in [0.25, 0.3) is 0 Å². The maximum Gasteiger partial charge on any atom is 0.156 e. The fraction of sp³-hybridized carbons (Fsp3) is 0.643. The van der Waals surface area contributed by atoms with Gasteiger partial charge >= 0.3 is 0 Å². The highest BCUT2D eigenvalue weighted by atomic mass is 35.5. The number of hydrogen-bond acceptors (Lipinski definition) is 5. The van der Waals surface area contributed by atoms with Crippen LogP contribution in [-0.2, 0) is 0 Å². The number of rotatable bonds is 4. The topological polar surface area (TPSA) is 75.1 Å². The molecule has 1 aliphatic carbocycles. The van der Waals surface area contributed by atoms with E-state index in [0.29, 0.717) is 24.1 Å². The Morgan fingerprint density at radius 1 is 1.35 bits per heavy atom. The average Bonchev–Trinajstić information content (AvgIpc) is 2.41. The third-order valence-electron chi connectivity index (χ3n) is 4.07. The van der Waals surface area contributed by atoms with Gasteiger partial charge < -0.3 is 10.4 Å². The second-order valence-corrected chi connectivity index (χ2v) is 6.64. The Hall–Kier alpha value is -1.20. The van der Waals surface area contributed by atoms with E-state index in [9.17, 15) is 9.90 Å². The average molecular weight is 298 g/mol. The summed E-state index contributed by atoms with van der Waals surface area (Å²) in [6.45, 7) is 4.79. The summed E-state index contributed by atoms with van der Waals surface area (Å²) in [4.78, 5) is 18.8. The fourth-order valence-electron chi connectivity index (χ4n) is 2.44. The van der Waals surface area contributed by atoms with E-state index in [2.05, 4.69) is 29.1 Å². The number of aliphatic hydroxyl groups is 1. The summed E-state index contributed by atoms with van der Waals surface area (Å²) in [7, 11) is 0. The third kappa shape index (κ3) is 3.46. The molecule has 0 saturated heterocycles. The van der Waals surface area contributed by atoms with Crippen LogP contribution in [0.5, 0.6) is 0 Å². The quantitative estimate of drug-likeness (QED) is 0.660. The van der Waals surface area contributed by atoms with Crippen molar-refractivity contribution in [2.75, 3.05) is 11.9 Å². The maximum atomic E-state index is 11.0. The molecule has 20 heavy (non-hydrogen) atoms. The van der Waals surface area contributed by atoms with Gasteiger partial charge in [-0.1, -0.05) is 25.4 Å². The first-order chi connectivity index (χ1) is 9.35. The third-order valence-corrected chi connectivity index (χ3v) is 4.37. The van der Waals surface area contributed by atoms with Gasteiger partial charge in [-0.3, -0.25) is 4.79 Å². The van der Waals surface area contributed by atoms with Crippen molar-refractivity contribution in [1.82, 2.24) is 9.97 Å². The SMILES string of the molecule is CC1(C)CCC(O)(CNc2ncnc(Cl)c2C=O)CC1. The number of aromatic nitrogens is 2. The number of aldehydes is 1. The zero-order valence-corrected chi connectivity index (χ0v) is 12.6. The molecule has 0 bridgehead atoms. The fourth-order valence-corrected chi connectivity index (χ4v) is 2.61. The van der Waals surface area contributed by atoms with Crippen LogP contribution in [0.2, 0.25) is 5.15 Å². The van der Waals surface area contributed by atoms with Gasteiger partial charge in [0.2, 0.25) is 0 Å². The van der Waals surface area contributed by atoms with Crippen molar-refractivity contribution in [3.8, 4) is 0 Å². The molecule has 1 heterocycles. The minimum atomic E-state index is -0.757. The van der Waals surface area contributed by atoms with E-state index in [1.54, 1.807) is 0 Å². The second kappa shape index (κ2) is 5.66. The van der Waals surface area contributed by atoms with Crippen molar-refractivity contribution in [3.63, 3.8) is 0 Å². The first-order valence-electron chi connectivity index (χ1n) is 6.77. The molecule has 1 saturated carbocycles. The lowest BCUT2D eigenvalue weighted by atomic mass is 9.71. The Morgan fingerprint density at radius 3 is 2.60 bits per heavy atom. The van der Waals surface area contributed by atoms with E-state index in [4.69, 9.17) is 11.6 Å². The molecule has 1 fully saturated rings. The molecule has 1 aliphatic rings. The molecule has 6 heteroatoms. The van der Waals surface area contributed by atoms with Crippen molar-refractivity contribution >= 4 is 23.7 Å². The van der Waals surface area contributed by atoms with Gasteiger partial charge in [-0.2, -0.15) is 0 Å². The van der Waals surface area contributed by atoms with E-state index >= 15 is 0 Å². The summed E-state index contributed by atoms with van der Waals surface area (Å²) in [6.07, 6.45) is 5.36. The van der Waals surface area contributed by atoms with Crippen molar-refractivity contribution in [2.24, 2.45) is 5.41 Å². The van der Waals surface area contributed by atoms with Crippen LogP contribution in [-0.4, -0.2) is 33.5 Å². The van der Waals surface area contributed by atoms with Gasteiger partial charge in [0.15, 0.2) is 6.29 Å². The Kier molecular flexibility index (Phi) is 4.30. The molecule has 0 unspecified atom stereocenters. The molecule has 1 aromatic rings. The van der Waals surface area contributed by atoms with Crippen molar-refractivity contribution in [3.05, 3.63) is 17.0 Å². The second-order valence-electron chi connectivity index (χ2n) is 6.29. The molecule has 0 atom stereocenters. The van der Waals surface area contributed by atoms with Gasteiger partial charge in [0.05, 0.1) is 11.2 Å². The monoisotopic (exact) mass is 297 g/mol. The zero-order chi connectivity index (χ0) is 14.8. The summed E-state index contributed by atoms with van der Waals surface area (Å²) in [5, 5.41) is 13.7. The Labute approximate surface area is 123 Å². The number of carbonyl (C=O) groups excluding carboxylic acids is 1. The first kappa shape index (κ1) is 15.2. The summed E-state index contributed by atoms with van der Waals surface area (Å²) < 4.78 is 0. The molecular formula is C14H20ClN3O2. The molecule has 2 rings (SSSR count). The molecular weight excluding hydrogens is 278 g/mol. The predicted molar refractivity (Wildman–Crippen MR) is 78.1 cm³/mol. The zero-order valence-electron chi connectivity index (χ0n) is 11.8. The van der Waals surface area contributed by atoms with Crippen molar-refractivity contribution < 1.29 is 9.90 Å². The number of halogens is 1. The minimum Gasteiger partial charge on any atom is -0.388 e. The lowest BCUT2D eigenvalue weighted by molar-refractivity contribution is -0.0146. The number of hydrogen-bond donors (Lipinski definition) is 2. The van der Waals surface area contributed by atoms with Crippen LogP contribution in [0.3, 0.4) is 0 Å². The number of carbonyl (C=O) groups is 1. The first-order valence-corrected chi connectivity index (χ1v) is 7.15. The number of nitrogens with one attached hydrogen (secondary N) is 1. The van der Waals surface area contributed by atoms with Crippen LogP contribution in [0.15, 0.2) is 6.33 Å². The number of nitrogens with zero attached hydrogens (tertiary/aromatic N) is 2. The Balaban J connectivity index is 2.02. The van der Waals surface area contributed by atoms with Crippen LogP contribution in [0.25, 0.3) is 0 Å². The van der Waals surface area contributed by atoms with E-state index in [-0.39, 0.29) is 10.7 Å². The van der Waals surface area contributed by atoms with Crippen LogP contribution in [0.1, 0.15) is 49.9 Å². The molecule has 2 N–H and O–H groups in total. The highest BCUT2D eigenvalue weighted by Gasteiger charge is 2.36. The highest BCUT2D eigenvalue weighted by Crippen LogP contribution is 2.40. The number of anilines is 1. The normalized spacial score (nSPS) is 20.4. The van der Waals surface area contributed by atoms with Crippen molar-refractivity contribution in [1.29, 1.82) is 0 Å². The van der Waals surface area contributed by atoms with Gasteiger partial charge in [-0.05, 0) is 31.1 Å². The largest absolute Gasteiger partial charge is 0.388 e. The highest BCUT2D eigenvalue weighted by molar-refractivity contribution is 6.32. The molecule has 0 radical (unpaired) electrons. The Morgan fingerprint density at radius 2 is 2.00 bits per heavy atom. The van der Waals surface area contributed by atoms with Crippen LogP contribution >= 0.6 is 11.6 Å². The lowest BCUT2D eigenvalue weighted by Gasteiger charge is -2.40. The molecule has 110 valence electrons. The van der Waals surface area contributed by atoms with Gasteiger partial charge in [-0.25, -0.2) is 9.97 Å². The predicted octanol–water partition coefficient (Wildman–Crippen LogP) is 2.69. The molecule has 5 nitrogen and oxygen atoms in total. The van der Waals surface area contributed by atoms with E-state index in [1.165, 1.54) is 6.33 Å². The summed E-state index contributed by atoms with van der Waals surface area (Å²) >= 11 is 5.84. The van der Waals surface area contributed by atoms with Crippen molar-refractivity contribution in [2.45, 2.75) is 45.1 Å². The van der Waals surface area contributed by atoms with Crippen LogP contribution < -0.4 is 5.32 Å². The maximum absolute atomic E-state index is 11.0. The van der Waals surface area contributed by atoms with Crippen LogP contribution in [0, 0.1) is 5.41 Å². The van der Waals surface area contributed by atoms with E-state index in [1.807, 2.05) is 0 Å². The smallest absolute Gasteiger partial charge is 0.156 e. The van der Waals surface area contributed by atoms with Gasteiger partial charge in [0, 0.05) is 6.54 Å².